The maximum atomic E-state index is 11.4. The highest BCUT2D eigenvalue weighted by Crippen LogP contribution is 2.20. The lowest BCUT2D eigenvalue weighted by Gasteiger charge is -2.11. The van der Waals surface area contributed by atoms with E-state index in [9.17, 15) is 9.59 Å². The van der Waals surface area contributed by atoms with Gasteiger partial charge in [0, 0.05) is 12.0 Å². The van der Waals surface area contributed by atoms with Gasteiger partial charge >= 0.3 is 0 Å². The Balaban J connectivity index is 2.93. The number of aliphatic hydroxyl groups is 1. The first-order valence-electron chi connectivity index (χ1n) is 4.32. The van der Waals surface area contributed by atoms with Crippen LogP contribution in [0.15, 0.2) is 23.5 Å². The van der Waals surface area contributed by atoms with Gasteiger partial charge < -0.3 is 5.11 Å². The largest absolute Gasteiger partial charge is 0.515 e. The van der Waals surface area contributed by atoms with E-state index in [0.717, 1.165) is 6.26 Å². The van der Waals surface area contributed by atoms with E-state index in [4.69, 9.17) is 5.11 Å². The number of rotatable bonds is 2. The fourth-order valence-electron chi connectivity index (χ4n) is 1.31. The SMILES string of the molecule is CCC(=O)C1=CCCC(=CO)C1=O. The van der Waals surface area contributed by atoms with Crippen LogP contribution in [0.1, 0.15) is 26.2 Å². The molecule has 1 rings (SSSR count). The van der Waals surface area contributed by atoms with Crippen molar-refractivity contribution >= 4 is 11.6 Å². The zero-order valence-electron chi connectivity index (χ0n) is 7.54. The topological polar surface area (TPSA) is 54.4 Å². The molecule has 0 unspecified atom stereocenters. The molecule has 0 amide bonds. The molecule has 0 spiro atoms. The number of ketones is 2. The van der Waals surface area contributed by atoms with E-state index in [-0.39, 0.29) is 17.1 Å². The molecule has 13 heavy (non-hydrogen) atoms. The predicted octanol–water partition coefficient (Wildman–Crippen LogP) is 1.70. The van der Waals surface area contributed by atoms with Gasteiger partial charge in [0.05, 0.1) is 11.8 Å². The molecule has 0 aromatic carbocycles. The lowest BCUT2D eigenvalue weighted by molar-refractivity contribution is -0.120. The van der Waals surface area contributed by atoms with Crippen LogP contribution in [0.2, 0.25) is 0 Å². The number of allylic oxidation sites excluding steroid dienone is 3. The summed E-state index contributed by atoms with van der Waals surface area (Å²) in [5.41, 5.74) is 0.563. The average molecular weight is 180 g/mol. The Morgan fingerprint density at radius 3 is 2.92 bits per heavy atom. The molecule has 70 valence electrons. The van der Waals surface area contributed by atoms with Crippen molar-refractivity contribution in [1.82, 2.24) is 0 Å². The highest BCUT2D eigenvalue weighted by atomic mass is 16.2. The molecule has 0 bridgehead atoms. The molecular formula is C10H12O3. The summed E-state index contributed by atoms with van der Waals surface area (Å²) in [6.07, 6.45) is 3.96. The molecule has 0 saturated carbocycles. The standard InChI is InChI=1S/C10H12O3/c1-2-9(12)8-5-3-4-7(6-11)10(8)13/h5-6,11H,2-4H2,1H3. The summed E-state index contributed by atoms with van der Waals surface area (Å²) in [5.74, 6) is -0.468. The van der Waals surface area contributed by atoms with Gasteiger partial charge in [-0.1, -0.05) is 13.0 Å². The Morgan fingerprint density at radius 1 is 1.69 bits per heavy atom. The summed E-state index contributed by atoms with van der Waals surface area (Å²) >= 11 is 0. The molecule has 0 fully saturated rings. The first kappa shape index (κ1) is 9.71. The van der Waals surface area contributed by atoms with Crippen LogP contribution in [0.5, 0.6) is 0 Å². The maximum absolute atomic E-state index is 11.4. The third-order valence-electron chi connectivity index (χ3n) is 2.08. The Kier molecular flexibility index (Phi) is 3.01. The second kappa shape index (κ2) is 4.03. The van der Waals surface area contributed by atoms with E-state index >= 15 is 0 Å². The van der Waals surface area contributed by atoms with Gasteiger partial charge in [0.1, 0.15) is 0 Å². The minimum atomic E-state index is -0.319. The number of carbonyl (C=O) groups is 2. The van der Waals surface area contributed by atoms with Crippen molar-refractivity contribution in [3.63, 3.8) is 0 Å². The highest BCUT2D eigenvalue weighted by Gasteiger charge is 2.23. The zero-order chi connectivity index (χ0) is 9.84. The third kappa shape index (κ3) is 1.86. The van der Waals surface area contributed by atoms with E-state index in [2.05, 4.69) is 0 Å². The van der Waals surface area contributed by atoms with Crippen molar-refractivity contribution in [1.29, 1.82) is 0 Å². The first-order valence-corrected chi connectivity index (χ1v) is 4.32. The predicted molar refractivity (Wildman–Crippen MR) is 48.3 cm³/mol. The van der Waals surface area contributed by atoms with Gasteiger partial charge in [-0.15, -0.1) is 0 Å². The fourth-order valence-corrected chi connectivity index (χ4v) is 1.31. The van der Waals surface area contributed by atoms with E-state index in [1.807, 2.05) is 0 Å². The average Bonchev–Trinajstić information content (AvgIpc) is 2.17. The molecule has 0 radical (unpaired) electrons. The molecule has 3 nitrogen and oxygen atoms in total. The maximum Gasteiger partial charge on any atom is 0.195 e. The minimum Gasteiger partial charge on any atom is -0.515 e. The monoisotopic (exact) mass is 180 g/mol. The number of aliphatic hydroxyl groups excluding tert-OH is 1. The quantitative estimate of drug-likeness (QED) is 0.399. The van der Waals surface area contributed by atoms with Gasteiger partial charge in [0.15, 0.2) is 11.6 Å². The van der Waals surface area contributed by atoms with E-state index in [1.165, 1.54) is 0 Å². The van der Waals surface area contributed by atoms with Crippen LogP contribution in [0.25, 0.3) is 0 Å². The van der Waals surface area contributed by atoms with Gasteiger partial charge in [0.25, 0.3) is 0 Å². The number of hydrogen-bond donors (Lipinski definition) is 1. The van der Waals surface area contributed by atoms with Crippen molar-refractivity contribution in [3.05, 3.63) is 23.5 Å². The van der Waals surface area contributed by atoms with E-state index < -0.39 is 0 Å². The molecule has 0 atom stereocenters. The zero-order valence-corrected chi connectivity index (χ0v) is 7.54. The fraction of sp³-hybridized carbons (Fsp3) is 0.400. The third-order valence-corrected chi connectivity index (χ3v) is 2.08. The number of Topliss-reactive ketones (excluding diaryl/α,β-unsaturated/α-hetero) is 2. The van der Waals surface area contributed by atoms with Crippen molar-refractivity contribution in [2.75, 3.05) is 0 Å². The highest BCUT2D eigenvalue weighted by molar-refractivity contribution is 6.26. The van der Waals surface area contributed by atoms with Crippen molar-refractivity contribution in [2.24, 2.45) is 0 Å². The van der Waals surface area contributed by atoms with Crippen LogP contribution in [0.4, 0.5) is 0 Å². The number of carbonyl (C=O) groups excluding carboxylic acids is 2. The Labute approximate surface area is 76.8 Å². The summed E-state index contributed by atoms with van der Waals surface area (Å²) < 4.78 is 0. The Bertz CT molecular complexity index is 297. The molecule has 1 aliphatic rings. The van der Waals surface area contributed by atoms with E-state index in [0.29, 0.717) is 24.8 Å². The van der Waals surface area contributed by atoms with Crippen LogP contribution in [-0.4, -0.2) is 16.7 Å². The van der Waals surface area contributed by atoms with Crippen molar-refractivity contribution < 1.29 is 14.7 Å². The second-order valence-electron chi connectivity index (χ2n) is 2.92. The van der Waals surface area contributed by atoms with Crippen molar-refractivity contribution in [3.8, 4) is 0 Å². The summed E-state index contributed by atoms with van der Waals surface area (Å²) in [4.78, 5) is 22.7. The van der Waals surface area contributed by atoms with Crippen LogP contribution in [0.3, 0.4) is 0 Å². The van der Waals surface area contributed by atoms with Gasteiger partial charge in [-0.25, -0.2) is 0 Å². The molecule has 1 aliphatic carbocycles. The second-order valence-corrected chi connectivity index (χ2v) is 2.92. The normalized spacial score (nSPS) is 20.2. The van der Waals surface area contributed by atoms with Crippen LogP contribution >= 0.6 is 0 Å². The molecule has 0 saturated heterocycles. The van der Waals surface area contributed by atoms with E-state index in [1.54, 1.807) is 13.0 Å². The van der Waals surface area contributed by atoms with Gasteiger partial charge in [-0.2, -0.15) is 0 Å². The van der Waals surface area contributed by atoms with Gasteiger partial charge in [0.2, 0.25) is 0 Å². The molecule has 0 aliphatic heterocycles. The Morgan fingerprint density at radius 2 is 2.38 bits per heavy atom. The summed E-state index contributed by atoms with van der Waals surface area (Å²) in [6, 6.07) is 0. The molecule has 1 N–H and O–H groups in total. The lowest BCUT2D eigenvalue weighted by atomic mass is 9.90. The molecule has 0 aromatic rings. The Hall–Kier alpha value is -1.38. The molecule has 0 heterocycles. The summed E-state index contributed by atoms with van der Waals surface area (Å²) in [5, 5.41) is 8.71. The smallest absolute Gasteiger partial charge is 0.195 e. The van der Waals surface area contributed by atoms with Crippen LogP contribution < -0.4 is 0 Å². The van der Waals surface area contributed by atoms with Gasteiger partial charge in [-0.05, 0) is 12.8 Å². The van der Waals surface area contributed by atoms with Crippen LogP contribution in [-0.2, 0) is 9.59 Å². The van der Waals surface area contributed by atoms with Crippen LogP contribution in [0, 0.1) is 0 Å². The summed E-state index contributed by atoms with van der Waals surface area (Å²) in [7, 11) is 0. The minimum absolute atomic E-state index is 0.149. The van der Waals surface area contributed by atoms with Crippen molar-refractivity contribution in [2.45, 2.75) is 26.2 Å². The van der Waals surface area contributed by atoms with Gasteiger partial charge in [-0.3, -0.25) is 9.59 Å². The first-order chi connectivity index (χ1) is 6.20. The molecule has 3 heteroatoms. The lowest BCUT2D eigenvalue weighted by Crippen LogP contribution is -2.17. The summed E-state index contributed by atoms with van der Waals surface area (Å²) in [6.45, 7) is 1.72. The molecular weight excluding hydrogens is 168 g/mol. The molecule has 0 aromatic heterocycles. The number of hydrogen-bond acceptors (Lipinski definition) is 3.